The number of benzene rings is 2. The van der Waals surface area contributed by atoms with E-state index in [0.717, 1.165) is 64.0 Å². The largest absolute Gasteiger partial charge is 0.352 e. The zero-order valence-electron chi connectivity index (χ0n) is 18.6. The van der Waals surface area contributed by atoms with Gasteiger partial charge < -0.3 is 5.32 Å². The van der Waals surface area contributed by atoms with E-state index < -0.39 is 11.6 Å². The summed E-state index contributed by atoms with van der Waals surface area (Å²) in [5, 5.41) is 3.23. The lowest BCUT2D eigenvalue weighted by molar-refractivity contribution is -0.122. The van der Waals surface area contributed by atoms with Gasteiger partial charge in [0.05, 0.1) is 0 Å². The molecule has 2 aliphatic rings. The van der Waals surface area contributed by atoms with Gasteiger partial charge in [-0.25, -0.2) is 8.78 Å². The third-order valence-electron chi connectivity index (χ3n) is 6.76. The summed E-state index contributed by atoms with van der Waals surface area (Å²) in [5.74, 6) is -0.859. The van der Waals surface area contributed by atoms with E-state index in [1.807, 2.05) is 6.07 Å². The van der Waals surface area contributed by atoms with Crippen molar-refractivity contribution in [2.75, 3.05) is 26.2 Å². The van der Waals surface area contributed by atoms with Crippen LogP contribution in [0.3, 0.4) is 0 Å². The molecular weight excluding hydrogens is 408 g/mol. The number of carbonyl (C=O) groups is 1. The fourth-order valence-electron chi connectivity index (χ4n) is 4.90. The van der Waals surface area contributed by atoms with E-state index in [1.165, 1.54) is 17.7 Å². The average Bonchev–Trinajstić information content (AvgIpc) is 3.23. The maximum absolute atomic E-state index is 13.4. The lowest BCUT2D eigenvalue weighted by Gasteiger charge is -2.32. The summed E-state index contributed by atoms with van der Waals surface area (Å²) in [7, 11) is 0. The Hall–Kier alpha value is -2.31. The fraction of sp³-hybridized carbons (Fsp3) is 0.500. The number of rotatable bonds is 8. The van der Waals surface area contributed by atoms with Crippen molar-refractivity contribution in [1.82, 2.24) is 15.1 Å². The molecule has 2 aromatic carbocycles. The van der Waals surface area contributed by atoms with Crippen molar-refractivity contribution in [1.29, 1.82) is 0 Å². The topological polar surface area (TPSA) is 35.6 Å². The van der Waals surface area contributed by atoms with Crippen molar-refractivity contribution < 1.29 is 13.6 Å². The third kappa shape index (κ3) is 6.59. The van der Waals surface area contributed by atoms with Crippen molar-refractivity contribution in [3.8, 4) is 0 Å². The second kappa shape index (κ2) is 11.0. The number of carbonyl (C=O) groups excluding carboxylic acids is 1. The smallest absolute Gasteiger partial charge is 0.220 e. The molecule has 1 atom stereocenters. The van der Waals surface area contributed by atoms with E-state index in [2.05, 4.69) is 39.4 Å². The highest BCUT2D eigenvalue weighted by Crippen LogP contribution is 2.24. The fourth-order valence-corrected chi connectivity index (χ4v) is 4.90. The van der Waals surface area contributed by atoms with Gasteiger partial charge in [-0.3, -0.25) is 14.6 Å². The highest BCUT2D eigenvalue weighted by molar-refractivity contribution is 5.76. The number of piperidine rings is 1. The highest BCUT2D eigenvalue weighted by atomic mass is 19.2. The molecule has 0 radical (unpaired) electrons. The first-order valence-electron chi connectivity index (χ1n) is 11.8. The Balaban J connectivity index is 1.11. The second-order valence-corrected chi connectivity index (χ2v) is 9.28. The van der Waals surface area contributed by atoms with Crippen LogP contribution in [0.4, 0.5) is 8.78 Å². The number of amides is 1. The van der Waals surface area contributed by atoms with Crippen LogP contribution in [-0.2, 0) is 17.9 Å². The van der Waals surface area contributed by atoms with Gasteiger partial charge in [0.15, 0.2) is 11.6 Å². The molecule has 172 valence electrons. The van der Waals surface area contributed by atoms with Crippen LogP contribution >= 0.6 is 0 Å². The predicted molar refractivity (Wildman–Crippen MR) is 122 cm³/mol. The lowest BCUT2D eigenvalue weighted by Crippen LogP contribution is -2.37. The SMILES string of the molecule is O=C(CCC1CCN(Cc2ccc(F)c(F)c2)CC1)NC1CCN(Cc2ccccc2)C1. The van der Waals surface area contributed by atoms with Gasteiger partial charge in [-0.2, -0.15) is 0 Å². The summed E-state index contributed by atoms with van der Waals surface area (Å²) < 4.78 is 26.5. The van der Waals surface area contributed by atoms with Gasteiger partial charge in [0.2, 0.25) is 5.91 Å². The van der Waals surface area contributed by atoms with Crippen LogP contribution in [0, 0.1) is 17.6 Å². The maximum atomic E-state index is 13.4. The molecule has 0 aliphatic carbocycles. The van der Waals surface area contributed by atoms with Crippen LogP contribution in [0.1, 0.15) is 43.2 Å². The minimum absolute atomic E-state index is 0.167. The van der Waals surface area contributed by atoms with Crippen molar-refractivity contribution >= 4 is 5.91 Å². The highest BCUT2D eigenvalue weighted by Gasteiger charge is 2.25. The standard InChI is InChI=1S/C26H33F2N3O/c27-24-8-6-22(16-25(24)28)18-30-13-10-20(11-14-30)7-9-26(32)29-23-12-15-31(19-23)17-21-4-2-1-3-5-21/h1-6,8,16,20,23H,7,9-15,17-19H2,(H,29,32). The molecule has 2 heterocycles. The molecule has 1 unspecified atom stereocenters. The van der Waals surface area contributed by atoms with Crippen molar-refractivity contribution in [2.45, 2.75) is 51.2 Å². The molecule has 32 heavy (non-hydrogen) atoms. The first-order valence-corrected chi connectivity index (χ1v) is 11.8. The first kappa shape index (κ1) is 22.9. The molecule has 2 aromatic rings. The van der Waals surface area contributed by atoms with E-state index in [4.69, 9.17) is 0 Å². The summed E-state index contributed by atoms with van der Waals surface area (Å²) in [5.41, 5.74) is 2.12. The number of likely N-dealkylation sites (tertiary alicyclic amines) is 2. The molecule has 4 nitrogen and oxygen atoms in total. The molecule has 0 saturated carbocycles. The lowest BCUT2D eigenvalue weighted by atomic mass is 9.91. The van der Waals surface area contributed by atoms with Crippen LogP contribution in [-0.4, -0.2) is 47.9 Å². The van der Waals surface area contributed by atoms with Crippen molar-refractivity contribution in [2.24, 2.45) is 5.92 Å². The normalized spacial score (nSPS) is 20.5. The van der Waals surface area contributed by atoms with Gasteiger partial charge >= 0.3 is 0 Å². The van der Waals surface area contributed by atoms with Crippen LogP contribution in [0.2, 0.25) is 0 Å². The van der Waals surface area contributed by atoms with Crippen molar-refractivity contribution in [3.05, 3.63) is 71.3 Å². The summed E-state index contributed by atoms with van der Waals surface area (Å²) in [6.45, 7) is 5.39. The molecule has 2 fully saturated rings. The van der Waals surface area contributed by atoms with Crippen molar-refractivity contribution in [3.63, 3.8) is 0 Å². The summed E-state index contributed by atoms with van der Waals surface area (Å²) in [6.07, 6.45) is 4.62. The van der Waals surface area contributed by atoms with Gasteiger partial charge in [0.25, 0.3) is 0 Å². The summed E-state index contributed by atoms with van der Waals surface area (Å²) in [6, 6.07) is 14.9. The third-order valence-corrected chi connectivity index (χ3v) is 6.76. The molecule has 0 bridgehead atoms. The minimum atomic E-state index is -0.799. The number of hydrogen-bond acceptors (Lipinski definition) is 3. The van der Waals surface area contributed by atoms with E-state index in [0.29, 0.717) is 18.9 Å². The molecule has 0 spiro atoms. The molecule has 2 saturated heterocycles. The maximum Gasteiger partial charge on any atom is 0.220 e. The molecule has 4 rings (SSSR count). The zero-order valence-corrected chi connectivity index (χ0v) is 18.6. The zero-order chi connectivity index (χ0) is 22.3. The van der Waals surface area contributed by atoms with Crippen LogP contribution in [0.5, 0.6) is 0 Å². The number of nitrogens with one attached hydrogen (secondary N) is 1. The molecule has 1 amide bonds. The Morgan fingerprint density at radius 2 is 1.59 bits per heavy atom. The molecule has 6 heteroatoms. The Bertz CT molecular complexity index is 884. The molecule has 1 N–H and O–H groups in total. The quantitative estimate of drug-likeness (QED) is 0.662. The number of halogens is 2. The van der Waals surface area contributed by atoms with Gasteiger partial charge in [-0.15, -0.1) is 0 Å². The van der Waals surface area contributed by atoms with Gasteiger partial charge in [0, 0.05) is 38.6 Å². The predicted octanol–water partition coefficient (Wildman–Crippen LogP) is 4.35. The number of hydrogen-bond donors (Lipinski definition) is 1. The van der Waals surface area contributed by atoms with E-state index in [1.54, 1.807) is 6.07 Å². The Morgan fingerprint density at radius 1 is 0.875 bits per heavy atom. The molecule has 0 aromatic heterocycles. The number of nitrogens with zero attached hydrogens (tertiary/aromatic N) is 2. The van der Waals surface area contributed by atoms with Gasteiger partial charge in [0.1, 0.15) is 0 Å². The van der Waals surface area contributed by atoms with E-state index >= 15 is 0 Å². The molecular formula is C26H33F2N3O. The Morgan fingerprint density at radius 3 is 2.34 bits per heavy atom. The first-order chi connectivity index (χ1) is 15.5. The van der Waals surface area contributed by atoms with Crippen LogP contribution in [0.25, 0.3) is 0 Å². The van der Waals surface area contributed by atoms with Crippen LogP contribution < -0.4 is 5.32 Å². The van der Waals surface area contributed by atoms with E-state index in [9.17, 15) is 13.6 Å². The molecule has 2 aliphatic heterocycles. The Kier molecular flexibility index (Phi) is 7.87. The van der Waals surface area contributed by atoms with Gasteiger partial charge in [-0.05, 0) is 68.0 Å². The average molecular weight is 442 g/mol. The Labute approximate surface area is 189 Å². The van der Waals surface area contributed by atoms with E-state index in [-0.39, 0.29) is 11.9 Å². The summed E-state index contributed by atoms with van der Waals surface area (Å²) >= 11 is 0. The van der Waals surface area contributed by atoms with Crippen LogP contribution in [0.15, 0.2) is 48.5 Å². The summed E-state index contributed by atoms with van der Waals surface area (Å²) in [4.78, 5) is 17.2. The van der Waals surface area contributed by atoms with Gasteiger partial charge in [-0.1, -0.05) is 36.4 Å². The monoisotopic (exact) mass is 441 g/mol. The minimum Gasteiger partial charge on any atom is -0.352 e. The second-order valence-electron chi connectivity index (χ2n) is 9.28.